The van der Waals surface area contributed by atoms with E-state index >= 15 is 0 Å². The van der Waals surface area contributed by atoms with E-state index in [2.05, 4.69) is 31.9 Å². The minimum atomic E-state index is -0.168. The molecule has 0 spiro atoms. The summed E-state index contributed by atoms with van der Waals surface area (Å²) in [7, 11) is 2.13. The molecule has 4 heteroatoms. The number of halogens is 1. The number of Topliss-reactive ketones (excluding diaryl/α,β-unsaturated/α-hetero) is 1. The standard InChI is InChI=1S/C24H30ClNO2/c1-24(2)17-20-16-19(11-12-23(20)28-24)22(27)10-6-7-14-26(3)15-13-18-8-4-5-9-21(18)25/h4-5,8-9,11-12,16H,6-7,10,13-15,17H2,1-3H3. The van der Waals surface area contributed by atoms with Gasteiger partial charge in [0.05, 0.1) is 0 Å². The number of ketones is 1. The van der Waals surface area contributed by atoms with Crippen LogP contribution >= 0.6 is 11.6 Å². The first-order valence-corrected chi connectivity index (χ1v) is 10.5. The summed E-state index contributed by atoms with van der Waals surface area (Å²) in [5.41, 5.74) is 2.98. The number of rotatable bonds is 9. The van der Waals surface area contributed by atoms with Gasteiger partial charge in [-0.3, -0.25) is 4.79 Å². The van der Waals surface area contributed by atoms with Crippen molar-refractivity contribution in [3.63, 3.8) is 0 Å². The van der Waals surface area contributed by atoms with Crippen molar-refractivity contribution in [2.24, 2.45) is 0 Å². The maximum atomic E-state index is 12.5. The van der Waals surface area contributed by atoms with Crippen LogP contribution in [0, 0.1) is 0 Å². The zero-order chi connectivity index (χ0) is 20.1. The fourth-order valence-corrected chi connectivity index (χ4v) is 3.95. The van der Waals surface area contributed by atoms with Gasteiger partial charge in [0.2, 0.25) is 0 Å². The summed E-state index contributed by atoms with van der Waals surface area (Å²) in [6.45, 7) is 6.12. The summed E-state index contributed by atoms with van der Waals surface area (Å²) in [5.74, 6) is 1.15. The summed E-state index contributed by atoms with van der Waals surface area (Å²) in [5, 5.41) is 0.838. The molecule has 0 radical (unpaired) electrons. The van der Waals surface area contributed by atoms with Crippen LogP contribution in [0.1, 0.15) is 54.6 Å². The topological polar surface area (TPSA) is 29.5 Å². The molecule has 150 valence electrons. The molecule has 0 fully saturated rings. The number of carbonyl (C=O) groups excluding carboxylic acids is 1. The Morgan fingerprint density at radius 2 is 1.93 bits per heavy atom. The van der Waals surface area contributed by atoms with Crippen LogP contribution in [0.5, 0.6) is 5.75 Å². The average Bonchev–Trinajstić information content (AvgIpc) is 2.97. The van der Waals surface area contributed by atoms with Crippen molar-refractivity contribution >= 4 is 17.4 Å². The van der Waals surface area contributed by atoms with Crippen LogP contribution in [0.3, 0.4) is 0 Å². The second-order valence-electron chi connectivity index (χ2n) is 8.39. The molecule has 3 nitrogen and oxygen atoms in total. The van der Waals surface area contributed by atoms with Crippen molar-refractivity contribution < 1.29 is 9.53 Å². The van der Waals surface area contributed by atoms with E-state index in [0.29, 0.717) is 6.42 Å². The lowest BCUT2D eigenvalue weighted by molar-refractivity contribution is 0.0978. The Morgan fingerprint density at radius 3 is 2.71 bits per heavy atom. The van der Waals surface area contributed by atoms with E-state index < -0.39 is 0 Å². The molecular formula is C24H30ClNO2. The molecule has 1 heterocycles. The fraction of sp³-hybridized carbons (Fsp3) is 0.458. The van der Waals surface area contributed by atoms with E-state index in [1.165, 1.54) is 5.56 Å². The van der Waals surface area contributed by atoms with Crippen LogP contribution in [0.2, 0.25) is 5.02 Å². The maximum absolute atomic E-state index is 12.5. The fourth-order valence-electron chi connectivity index (χ4n) is 3.72. The first-order valence-electron chi connectivity index (χ1n) is 10.1. The third-order valence-electron chi connectivity index (χ3n) is 5.30. The van der Waals surface area contributed by atoms with Gasteiger partial charge in [0, 0.05) is 30.0 Å². The minimum absolute atomic E-state index is 0.168. The molecular weight excluding hydrogens is 370 g/mol. The number of hydrogen-bond donors (Lipinski definition) is 0. The average molecular weight is 400 g/mol. The molecule has 0 unspecified atom stereocenters. The van der Waals surface area contributed by atoms with E-state index in [0.717, 1.165) is 60.7 Å². The lowest BCUT2D eigenvalue weighted by atomic mass is 9.98. The summed E-state index contributed by atoms with van der Waals surface area (Å²) >= 11 is 6.21. The van der Waals surface area contributed by atoms with Crippen LogP contribution in [-0.2, 0) is 12.8 Å². The number of likely N-dealkylation sites (N-methyl/N-ethyl adjacent to an activating group) is 1. The highest BCUT2D eigenvalue weighted by Gasteiger charge is 2.30. The number of hydrogen-bond acceptors (Lipinski definition) is 3. The first kappa shape index (κ1) is 20.9. The number of fused-ring (bicyclic) bond motifs is 1. The molecule has 0 amide bonds. The molecule has 2 aromatic carbocycles. The van der Waals surface area contributed by atoms with Gasteiger partial charge in [0.1, 0.15) is 11.4 Å². The van der Waals surface area contributed by atoms with E-state index in [1.807, 2.05) is 36.4 Å². The normalized spacial score (nSPS) is 14.8. The van der Waals surface area contributed by atoms with Gasteiger partial charge in [-0.15, -0.1) is 0 Å². The van der Waals surface area contributed by atoms with Crippen LogP contribution in [0.4, 0.5) is 0 Å². The number of carbonyl (C=O) groups is 1. The Labute approximate surface area is 173 Å². The van der Waals surface area contributed by atoms with Crippen molar-refractivity contribution in [1.82, 2.24) is 4.90 Å². The molecule has 2 aromatic rings. The summed E-state index contributed by atoms with van der Waals surface area (Å²) in [6, 6.07) is 13.9. The van der Waals surface area contributed by atoms with Gasteiger partial charge in [-0.2, -0.15) is 0 Å². The van der Waals surface area contributed by atoms with Gasteiger partial charge in [-0.1, -0.05) is 29.8 Å². The number of ether oxygens (including phenoxy) is 1. The minimum Gasteiger partial charge on any atom is -0.487 e. The molecule has 0 saturated heterocycles. The van der Waals surface area contributed by atoms with Crippen LogP contribution in [0.15, 0.2) is 42.5 Å². The van der Waals surface area contributed by atoms with Crippen molar-refractivity contribution in [3.05, 3.63) is 64.2 Å². The highest BCUT2D eigenvalue weighted by Crippen LogP contribution is 2.35. The van der Waals surface area contributed by atoms with E-state index in [1.54, 1.807) is 0 Å². The zero-order valence-electron chi connectivity index (χ0n) is 17.1. The highest BCUT2D eigenvalue weighted by molar-refractivity contribution is 6.31. The summed E-state index contributed by atoms with van der Waals surface area (Å²) in [4.78, 5) is 14.8. The lowest BCUT2D eigenvalue weighted by Crippen LogP contribution is -2.24. The molecule has 1 aliphatic heterocycles. The third-order valence-corrected chi connectivity index (χ3v) is 5.67. The molecule has 1 aliphatic rings. The second kappa shape index (κ2) is 9.11. The Balaban J connectivity index is 1.38. The lowest BCUT2D eigenvalue weighted by Gasteiger charge is -2.16. The number of benzene rings is 2. The Hall–Kier alpha value is -1.84. The Bertz CT molecular complexity index is 831. The molecule has 0 aromatic heterocycles. The molecule has 0 aliphatic carbocycles. The molecule has 0 atom stereocenters. The predicted octanol–water partition coefficient (Wildman–Crippen LogP) is 5.58. The Morgan fingerprint density at radius 1 is 1.14 bits per heavy atom. The van der Waals surface area contributed by atoms with Gasteiger partial charge in [0.25, 0.3) is 0 Å². The molecule has 3 rings (SSSR count). The molecule has 0 N–H and O–H groups in total. The van der Waals surface area contributed by atoms with Crippen molar-refractivity contribution in [3.8, 4) is 5.75 Å². The van der Waals surface area contributed by atoms with E-state index in [4.69, 9.17) is 16.3 Å². The second-order valence-corrected chi connectivity index (χ2v) is 8.79. The highest BCUT2D eigenvalue weighted by atomic mass is 35.5. The predicted molar refractivity (Wildman–Crippen MR) is 116 cm³/mol. The number of nitrogens with zero attached hydrogens (tertiary/aromatic N) is 1. The molecule has 0 bridgehead atoms. The van der Waals surface area contributed by atoms with Crippen molar-refractivity contribution in [2.75, 3.05) is 20.1 Å². The van der Waals surface area contributed by atoms with Gasteiger partial charge in [0.15, 0.2) is 5.78 Å². The smallest absolute Gasteiger partial charge is 0.162 e. The summed E-state index contributed by atoms with van der Waals surface area (Å²) < 4.78 is 5.89. The van der Waals surface area contributed by atoms with Gasteiger partial charge in [-0.25, -0.2) is 0 Å². The SMILES string of the molecule is CN(CCCCC(=O)c1ccc2c(c1)CC(C)(C)O2)CCc1ccccc1Cl. The first-order chi connectivity index (χ1) is 13.3. The quantitative estimate of drug-likeness (QED) is 0.407. The largest absolute Gasteiger partial charge is 0.487 e. The van der Waals surface area contributed by atoms with Crippen molar-refractivity contribution in [2.45, 2.75) is 51.6 Å². The monoisotopic (exact) mass is 399 g/mol. The van der Waals surface area contributed by atoms with Gasteiger partial charge < -0.3 is 9.64 Å². The maximum Gasteiger partial charge on any atom is 0.162 e. The van der Waals surface area contributed by atoms with Crippen molar-refractivity contribution in [1.29, 1.82) is 0 Å². The van der Waals surface area contributed by atoms with Crippen LogP contribution < -0.4 is 4.74 Å². The van der Waals surface area contributed by atoms with E-state index in [-0.39, 0.29) is 11.4 Å². The van der Waals surface area contributed by atoms with Crippen LogP contribution in [0.25, 0.3) is 0 Å². The molecule has 0 saturated carbocycles. The zero-order valence-corrected chi connectivity index (χ0v) is 17.9. The molecule has 28 heavy (non-hydrogen) atoms. The van der Waals surface area contributed by atoms with Gasteiger partial charge >= 0.3 is 0 Å². The Kier molecular flexibility index (Phi) is 6.79. The van der Waals surface area contributed by atoms with Gasteiger partial charge in [-0.05, 0) is 82.1 Å². The third kappa shape index (κ3) is 5.59. The number of unbranched alkanes of at least 4 members (excludes halogenated alkanes) is 1. The van der Waals surface area contributed by atoms with Crippen LogP contribution in [-0.4, -0.2) is 36.4 Å². The van der Waals surface area contributed by atoms with E-state index in [9.17, 15) is 4.79 Å². The summed E-state index contributed by atoms with van der Waals surface area (Å²) in [6.07, 6.45) is 4.34.